The van der Waals surface area contributed by atoms with Crippen molar-refractivity contribution in [2.75, 3.05) is 0 Å². The molecule has 2 heterocycles. The molecule has 9 nitrogen and oxygen atoms in total. The highest BCUT2D eigenvalue weighted by atomic mass is 35.5. The third kappa shape index (κ3) is 5.44. The van der Waals surface area contributed by atoms with E-state index < -0.39 is 17.8 Å². The molecule has 190 valence electrons. The van der Waals surface area contributed by atoms with Crippen LogP contribution in [0.4, 0.5) is 13.2 Å². The molecule has 0 bridgehead atoms. The number of benzene rings is 1. The van der Waals surface area contributed by atoms with Gasteiger partial charge in [0.05, 0.1) is 28.0 Å². The summed E-state index contributed by atoms with van der Waals surface area (Å²) in [4.78, 5) is 31.5. The van der Waals surface area contributed by atoms with Crippen LogP contribution in [0.3, 0.4) is 0 Å². The fraction of sp³-hybridized carbons (Fsp3) is 0.304. The van der Waals surface area contributed by atoms with Crippen LogP contribution in [-0.2, 0) is 19.1 Å². The van der Waals surface area contributed by atoms with E-state index in [2.05, 4.69) is 37.4 Å². The predicted octanol–water partition coefficient (Wildman–Crippen LogP) is 3.35. The molecule has 0 spiro atoms. The quantitative estimate of drug-likeness (QED) is 0.289. The Morgan fingerprint density at radius 3 is 2.67 bits per heavy atom. The molecule has 0 saturated heterocycles. The van der Waals surface area contributed by atoms with E-state index in [1.807, 2.05) is 0 Å². The van der Waals surface area contributed by atoms with Crippen LogP contribution in [0.15, 0.2) is 37.1 Å². The molecule has 1 aliphatic rings. The first kappa shape index (κ1) is 25.5. The zero-order valence-corrected chi connectivity index (χ0v) is 19.6. The standard InChI is InChI=1S/C23H23ClF3N7O2/c1-2-3-16-18(19(34-33-16)23(25,26)27)17-10-29-20(32-17)22(36)30-9-11-4-5-14(15(24)6-11)21(35)31-13-7-12(28)8-13/h2,4-6,10,12-13H,1,3,7-9,28H2,(H,29,32)(H,30,36)(H,31,35)(H,33,34). The molecule has 0 atom stereocenters. The molecule has 2 aromatic heterocycles. The van der Waals surface area contributed by atoms with Gasteiger partial charge in [-0.1, -0.05) is 23.7 Å². The molecule has 0 radical (unpaired) electrons. The van der Waals surface area contributed by atoms with Crippen molar-refractivity contribution in [1.82, 2.24) is 30.8 Å². The summed E-state index contributed by atoms with van der Waals surface area (Å²) in [5.74, 6) is -1.11. The SMILES string of the molecule is C=CCc1[nH]nc(C(F)(F)F)c1-c1cnc(C(=O)NCc2ccc(C(=O)NC3CC(N)C3)c(Cl)c2)[nH]1. The fourth-order valence-electron chi connectivity index (χ4n) is 3.89. The fourth-order valence-corrected chi connectivity index (χ4v) is 4.18. The van der Waals surface area contributed by atoms with Crippen molar-refractivity contribution in [2.24, 2.45) is 5.73 Å². The summed E-state index contributed by atoms with van der Waals surface area (Å²) in [6, 6.07) is 4.88. The van der Waals surface area contributed by atoms with Gasteiger partial charge in [0.15, 0.2) is 11.5 Å². The lowest BCUT2D eigenvalue weighted by Crippen LogP contribution is -2.50. The lowest BCUT2D eigenvalue weighted by atomic mass is 9.87. The molecule has 0 aliphatic heterocycles. The van der Waals surface area contributed by atoms with Crippen LogP contribution < -0.4 is 16.4 Å². The number of hydrogen-bond acceptors (Lipinski definition) is 5. The Morgan fingerprint density at radius 1 is 1.28 bits per heavy atom. The number of aromatic amines is 2. The van der Waals surface area contributed by atoms with E-state index >= 15 is 0 Å². The Hall–Kier alpha value is -3.64. The van der Waals surface area contributed by atoms with Crippen molar-refractivity contribution in [3.05, 3.63) is 70.4 Å². The third-order valence-electron chi connectivity index (χ3n) is 5.76. The van der Waals surface area contributed by atoms with Crippen molar-refractivity contribution in [2.45, 2.75) is 44.1 Å². The predicted molar refractivity (Wildman–Crippen MR) is 126 cm³/mol. The summed E-state index contributed by atoms with van der Waals surface area (Å²) in [5.41, 5.74) is 5.49. The second kappa shape index (κ2) is 10.2. The molecule has 2 amide bonds. The zero-order valence-electron chi connectivity index (χ0n) is 18.9. The van der Waals surface area contributed by atoms with E-state index in [4.69, 9.17) is 17.3 Å². The highest BCUT2D eigenvalue weighted by molar-refractivity contribution is 6.33. The number of H-pyrrole nitrogens is 2. The number of carbonyl (C=O) groups excluding carboxylic acids is 2. The lowest BCUT2D eigenvalue weighted by Gasteiger charge is -2.33. The molecule has 0 unspecified atom stereocenters. The van der Waals surface area contributed by atoms with Crippen molar-refractivity contribution in [3.63, 3.8) is 0 Å². The van der Waals surface area contributed by atoms with Crippen LogP contribution in [0.5, 0.6) is 0 Å². The number of nitrogens with zero attached hydrogens (tertiary/aromatic N) is 2. The van der Waals surface area contributed by atoms with Crippen LogP contribution in [0.1, 0.15) is 50.8 Å². The van der Waals surface area contributed by atoms with Crippen molar-refractivity contribution in [1.29, 1.82) is 0 Å². The first-order valence-electron chi connectivity index (χ1n) is 11.0. The van der Waals surface area contributed by atoms with Gasteiger partial charge in [0.2, 0.25) is 0 Å². The Morgan fingerprint density at radius 2 is 2.03 bits per heavy atom. The average molecular weight is 522 g/mol. The molecular weight excluding hydrogens is 499 g/mol. The summed E-state index contributed by atoms with van der Waals surface area (Å²) in [7, 11) is 0. The molecular formula is C23H23ClF3N7O2. The van der Waals surface area contributed by atoms with Gasteiger partial charge in [-0.25, -0.2) is 4.98 Å². The maximum Gasteiger partial charge on any atom is 0.435 e. The van der Waals surface area contributed by atoms with Gasteiger partial charge in [-0.3, -0.25) is 14.7 Å². The number of halogens is 4. The lowest BCUT2D eigenvalue weighted by molar-refractivity contribution is -0.140. The van der Waals surface area contributed by atoms with Crippen molar-refractivity contribution >= 4 is 23.4 Å². The van der Waals surface area contributed by atoms with E-state index in [0.29, 0.717) is 11.1 Å². The van der Waals surface area contributed by atoms with Gasteiger partial charge in [0.1, 0.15) is 0 Å². The van der Waals surface area contributed by atoms with Crippen LogP contribution >= 0.6 is 11.6 Å². The number of nitrogens with one attached hydrogen (secondary N) is 4. The molecule has 1 fully saturated rings. The zero-order chi connectivity index (χ0) is 26.0. The number of hydrogen-bond donors (Lipinski definition) is 5. The van der Waals surface area contributed by atoms with E-state index in [-0.39, 0.29) is 58.8 Å². The first-order valence-corrected chi connectivity index (χ1v) is 11.4. The Labute approximate surface area is 208 Å². The number of allylic oxidation sites excluding steroid dienone is 1. The minimum Gasteiger partial charge on any atom is -0.349 e. The maximum absolute atomic E-state index is 13.4. The molecule has 3 aromatic rings. The number of rotatable bonds is 8. The van der Waals surface area contributed by atoms with Crippen molar-refractivity contribution in [3.8, 4) is 11.3 Å². The number of alkyl halides is 3. The highest BCUT2D eigenvalue weighted by Crippen LogP contribution is 2.37. The van der Waals surface area contributed by atoms with E-state index in [1.54, 1.807) is 18.2 Å². The minimum atomic E-state index is -4.70. The summed E-state index contributed by atoms with van der Waals surface area (Å²) >= 11 is 6.26. The second-order valence-corrected chi connectivity index (χ2v) is 8.87. The summed E-state index contributed by atoms with van der Waals surface area (Å²) in [6.45, 7) is 3.59. The topological polar surface area (TPSA) is 142 Å². The Kier molecular flexibility index (Phi) is 7.18. The Balaban J connectivity index is 1.42. The first-order chi connectivity index (χ1) is 17.1. The molecule has 1 aromatic carbocycles. The maximum atomic E-state index is 13.4. The summed E-state index contributed by atoms with van der Waals surface area (Å²) in [6.07, 6.45) is -0.579. The van der Waals surface area contributed by atoms with Gasteiger partial charge in [0, 0.05) is 30.7 Å². The normalized spacial score (nSPS) is 17.4. The van der Waals surface area contributed by atoms with Gasteiger partial charge in [-0.05, 0) is 30.5 Å². The minimum absolute atomic E-state index is 0.0103. The molecule has 13 heteroatoms. The monoisotopic (exact) mass is 521 g/mol. The molecule has 1 saturated carbocycles. The summed E-state index contributed by atoms with van der Waals surface area (Å²) < 4.78 is 40.2. The van der Waals surface area contributed by atoms with Gasteiger partial charge in [-0.15, -0.1) is 6.58 Å². The molecule has 36 heavy (non-hydrogen) atoms. The molecule has 4 rings (SSSR count). The van der Waals surface area contributed by atoms with Gasteiger partial charge >= 0.3 is 6.18 Å². The van der Waals surface area contributed by atoms with E-state index in [1.165, 1.54) is 6.08 Å². The molecule has 6 N–H and O–H groups in total. The van der Waals surface area contributed by atoms with Crippen LogP contribution in [-0.4, -0.2) is 44.1 Å². The van der Waals surface area contributed by atoms with Gasteiger partial charge in [-0.2, -0.15) is 18.3 Å². The Bertz CT molecular complexity index is 1300. The van der Waals surface area contributed by atoms with Crippen LogP contribution in [0.2, 0.25) is 5.02 Å². The number of carbonyl (C=O) groups is 2. The second-order valence-electron chi connectivity index (χ2n) is 8.46. The van der Waals surface area contributed by atoms with Gasteiger partial charge < -0.3 is 21.4 Å². The number of amides is 2. The largest absolute Gasteiger partial charge is 0.435 e. The van der Waals surface area contributed by atoms with E-state index in [0.717, 1.165) is 19.0 Å². The van der Waals surface area contributed by atoms with Gasteiger partial charge in [0.25, 0.3) is 11.8 Å². The number of imidazole rings is 1. The number of aromatic nitrogens is 4. The molecule has 1 aliphatic carbocycles. The number of nitrogens with two attached hydrogens (primary N) is 1. The van der Waals surface area contributed by atoms with Crippen molar-refractivity contribution < 1.29 is 22.8 Å². The smallest absolute Gasteiger partial charge is 0.349 e. The highest BCUT2D eigenvalue weighted by Gasteiger charge is 2.39. The van der Waals surface area contributed by atoms with E-state index in [9.17, 15) is 22.8 Å². The van der Waals surface area contributed by atoms with Crippen LogP contribution in [0.25, 0.3) is 11.3 Å². The third-order valence-corrected chi connectivity index (χ3v) is 6.07. The summed E-state index contributed by atoms with van der Waals surface area (Å²) in [5, 5.41) is 11.4. The van der Waals surface area contributed by atoms with Crippen LogP contribution in [0, 0.1) is 0 Å². The average Bonchev–Trinajstić information content (AvgIpc) is 3.43.